The molecule has 1 aliphatic rings. The second kappa shape index (κ2) is 8.28. The lowest BCUT2D eigenvalue weighted by Crippen LogP contribution is -2.32. The molecule has 1 saturated carbocycles. The number of nitrogens with one attached hydrogen (secondary N) is 1. The van der Waals surface area contributed by atoms with Gasteiger partial charge in [-0.25, -0.2) is 0 Å². The fraction of sp³-hybridized carbons (Fsp3) is 0.647. The highest BCUT2D eigenvalue weighted by atomic mass is 16.5. The zero-order valence-electron chi connectivity index (χ0n) is 12.7. The van der Waals surface area contributed by atoms with Crippen molar-refractivity contribution < 1.29 is 9.47 Å². The quantitative estimate of drug-likeness (QED) is 0.790. The molecule has 3 heteroatoms. The van der Waals surface area contributed by atoms with Crippen LogP contribution in [0.5, 0.6) is 5.75 Å². The highest BCUT2D eigenvalue weighted by Gasteiger charge is 2.25. The van der Waals surface area contributed by atoms with E-state index in [2.05, 4.69) is 24.4 Å². The Hall–Kier alpha value is -1.06. The molecule has 0 saturated heterocycles. The van der Waals surface area contributed by atoms with Gasteiger partial charge in [-0.2, -0.15) is 0 Å². The minimum atomic E-state index is 0.641. The summed E-state index contributed by atoms with van der Waals surface area (Å²) in [6, 6.07) is 8.88. The summed E-state index contributed by atoms with van der Waals surface area (Å²) in [4.78, 5) is 0. The monoisotopic (exact) mass is 277 g/mol. The van der Waals surface area contributed by atoms with Crippen LogP contribution in [0.2, 0.25) is 0 Å². The molecule has 2 atom stereocenters. The van der Waals surface area contributed by atoms with Crippen LogP contribution in [-0.2, 0) is 11.3 Å². The van der Waals surface area contributed by atoms with Crippen molar-refractivity contribution in [1.82, 2.24) is 5.32 Å². The van der Waals surface area contributed by atoms with Crippen LogP contribution in [0.1, 0.15) is 38.2 Å². The van der Waals surface area contributed by atoms with Crippen molar-refractivity contribution in [3.05, 3.63) is 29.8 Å². The van der Waals surface area contributed by atoms with E-state index in [1.807, 2.05) is 12.1 Å². The Morgan fingerprint density at radius 1 is 1.30 bits per heavy atom. The van der Waals surface area contributed by atoms with Crippen molar-refractivity contribution in [2.45, 2.75) is 45.3 Å². The third-order valence-electron chi connectivity index (χ3n) is 4.09. The summed E-state index contributed by atoms with van der Waals surface area (Å²) in [5.41, 5.74) is 1.16. The van der Waals surface area contributed by atoms with Gasteiger partial charge >= 0.3 is 0 Å². The van der Waals surface area contributed by atoms with E-state index in [4.69, 9.17) is 9.47 Å². The van der Waals surface area contributed by atoms with Crippen molar-refractivity contribution in [1.29, 1.82) is 0 Å². The zero-order chi connectivity index (χ0) is 14.2. The average Bonchev–Trinajstić information content (AvgIpc) is 2.88. The van der Waals surface area contributed by atoms with E-state index in [0.717, 1.165) is 36.8 Å². The molecule has 0 aromatic heterocycles. The normalized spacial score (nSPS) is 22.1. The van der Waals surface area contributed by atoms with Gasteiger partial charge in [-0.05, 0) is 49.4 Å². The van der Waals surface area contributed by atoms with Gasteiger partial charge in [-0.3, -0.25) is 0 Å². The minimum Gasteiger partial charge on any atom is -0.494 e. The van der Waals surface area contributed by atoms with E-state index in [1.165, 1.54) is 19.3 Å². The fourth-order valence-corrected chi connectivity index (χ4v) is 3.13. The number of rotatable bonds is 8. The summed E-state index contributed by atoms with van der Waals surface area (Å²) in [5, 5.41) is 3.60. The molecule has 0 spiro atoms. The van der Waals surface area contributed by atoms with E-state index in [9.17, 15) is 0 Å². The van der Waals surface area contributed by atoms with Gasteiger partial charge in [0.1, 0.15) is 5.75 Å². The second-order valence-corrected chi connectivity index (χ2v) is 5.57. The lowest BCUT2D eigenvalue weighted by molar-refractivity contribution is 0.184. The zero-order valence-corrected chi connectivity index (χ0v) is 12.7. The number of hydrogen-bond acceptors (Lipinski definition) is 3. The maximum Gasteiger partial charge on any atom is 0.119 e. The van der Waals surface area contributed by atoms with Gasteiger partial charge in [-0.15, -0.1) is 0 Å². The summed E-state index contributed by atoms with van der Waals surface area (Å²) in [7, 11) is 1.72. The van der Waals surface area contributed by atoms with Crippen LogP contribution >= 0.6 is 0 Å². The molecule has 0 radical (unpaired) electrons. The van der Waals surface area contributed by atoms with Crippen molar-refractivity contribution in [3.63, 3.8) is 0 Å². The van der Waals surface area contributed by atoms with E-state index in [0.29, 0.717) is 12.6 Å². The van der Waals surface area contributed by atoms with Crippen molar-refractivity contribution >= 4 is 0 Å². The molecule has 3 nitrogen and oxygen atoms in total. The summed E-state index contributed by atoms with van der Waals surface area (Å²) in [5.74, 6) is 1.73. The molecule has 1 fully saturated rings. The Morgan fingerprint density at radius 3 is 3.00 bits per heavy atom. The SMILES string of the molecule is CCNC1CCCC1CCOc1cccc(COC)c1. The molecule has 0 amide bonds. The molecular weight excluding hydrogens is 250 g/mol. The first-order chi connectivity index (χ1) is 9.83. The Bertz CT molecular complexity index is 394. The van der Waals surface area contributed by atoms with Gasteiger partial charge in [-0.1, -0.05) is 25.5 Å². The topological polar surface area (TPSA) is 30.5 Å². The molecule has 1 N–H and O–H groups in total. The Kier molecular flexibility index (Phi) is 6.34. The Morgan fingerprint density at radius 2 is 2.20 bits per heavy atom. The largest absolute Gasteiger partial charge is 0.494 e. The molecule has 112 valence electrons. The minimum absolute atomic E-state index is 0.641. The van der Waals surface area contributed by atoms with Gasteiger partial charge in [0.2, 0.25) is 0 Å². The van der Waals surface area contributed by atoms with Crippen LogP contribution in [-0.4, -0.2) is 26.3 Å². The predicted molar refractivity (Wildman–Crippen MR) is 82.1 cm³/mol. The third kappa shape index (κ3) is 4.50. The maximum atomic E-state index is 5.90. The van der Waals surface area contributed by atoms with Gasteiger partial charge in [0.25, 0.3) is 0 Å². The smallest absolute Gasteiger partial charge is 0.119 e. The molecule has 2 rings (SSSR count). The van der Waals surface area contributed by atoms with Crippen LogP contribution in [0.25, 0.3) is 0 Å². The predicted octanol–water partition coefficient (Wildman–Crippen LogP) is 3.38. The second-order valence-electron chi connectivity index (χ2n) is 5.57. The summed E-state index contributed by atoms with van der Waals surface area (Å²) >= 11 is 0. The molecule has 1 aliphatic carbocycles. The number of hydrogen-bond donors (Lipinski definition) is 1. The van der Waals surface area contributed by atoms with Crippen LogP contribution in [0.4, 0.5) is 0 Å². The van der Waals surface area contributed by atoms with Crippen molar-refractivity contribution in [2.75, 3.05) is 20.3 Å². The van der Waals surface area contributed by atoms with Crippen LogP contribution in [0.3, 0.4) is 0 Å². The van der Waals surface area contributed by atoms with Gasteiger partial charge < -0.3 is 14.8 Å². The molecule has 0 heterocycles. The lowest BCUT2D eigenvalue weighted by Gasteiger charge is -2.20. The summed E-state index contributed by atoms with van der Waals surface area (Å²) in [6.07, 6.45) is 5.16. The van der Waals surface area contributed by atoms with E-state index in [-0.39, 0.29) is 0 Å². The van der Waals surface area contributed by atoms with Gasteiger partial charge in [0, 0.05) is 13.2 Å². The summed E-state index contributed by atoms with van der Waals surface area (Å²) < 4.78 is 11.0. The van der Waals surface area contributed by atoms with E-state index in [1.54, 1.807) is 7.11 Å². The molecule has 20 heavy (non-hydrogen) atoms. The van der Waals surface area contributed by atoms with Crippen LogP contribution in [0.15, 0.2) is 24.3 Å². The number of methoxy groups -OCH3 is 1. The molecule has 2 unspecified atom stereocenters. The molecular formula is C17H27NO2. The van der Waals surface area contributed by atoms with E-state index >= 15 is 0 Å². The van der Waals surface area contributed by atoms with Gasteiger partial charge in [0.05, 0.1) is 13.2 Å². The first-order valence-corrected chi connectivity index (χ1v) is 7.77. The third-order valence-corrected chi connectivity index (χ3v) is 4.09. The Labute approximate surface area is 122 Å². The fourth-order valence-electron chi connectivity index (χ4n) is 3.13. The van der Waals surface area contributed by atoms with Crippen LogP contribution < -0.4 is 10.1 Å². The summed E-state index contributed by atoms with van der Waals surface area (Å²) in [6.45, 7) is 4.71. The standard InChI is InChI=1S/C17H27NO2/c1-3-18-17-9-5-7-15(17)10-11-20-16-8-4-6-14(12-16)13-19-2/h4,6,8,12,15,17-18H,3,5,7,9-11,13H2,1-2H3. The van der Waals surface area contributed by atoms with Crippen LogP contribution in [0, 0.1) is 5.92 Å². The highest BCUT2D eigenvalue weighted by Crippen LogP contribution is 2.28. The van der Waals surface area contributed by atoms with Gasteiger partial charge in [0.15, 0.2) is 0 Å². The Balaban J connectivity index is 1.76. The molecule has 1 aromatic rings. The average molecular weight is 277 g/mol. The first kappa shape index (κ1) is 15.3. The molecule has 1 aromatic carbocycles. The number of ether oxygens (including phenoxy) is 2. The van der Waals surface area contributed by atoms with Crippen molar-refractivity contribution in [3.8, 4) is 5.75 Å². The van der Waals surface area contributed by atoms with Crippen molar-refractivity contribution in [2.24, 2.45) is 5.92 Å². The van der Waals surface area contributed by atoms with E-state index < -0.39 is 0 Å². The number of benzene rings is 1. The molecule has 0 bridgehead atoms. The first-order valence-electron chi connectivity index (χ1n) is 7.77. The molecule has 0 aliphatic heterocycles. The lowest BCUT2D eigenvalue weighted by atomic mass is 10.00. The highest BCUT2D eigenvalue weighted by molar-refractivity contribution is 5.28. The maximum absolute atomic E-state index is 5.90.